The fourth-order valence-electron chi connectivity index (χ4n) is 6.09. The Balaban J connectivity index is 4.58. The Kier molecular flexibility index (Phi) is 46.7. The summed E-state index contributed by atoms with van der Waals surface area (Å²) in [5.74, 6) is -1.05. The van der Waals surface area contributed by atoms with Crippen LogP contribution in [0.15, 0.2) is 134 Å². The molecule has 0 rings (SSSR count). The van der Waals surface area contributed by atoms with Gasteiger partial charge in [0.15, 0.2) is 6.10 Å². The third kappa shape index (κ3) is 48.4. The molecule has 0 saturated carbocycles. The number of ether oxygens (including phenoxy) is 3. The van der Waals surface area contributed by atoms with E-state index in [0.717, 1.165) is 122 Å². The monoisotopic (exact) mass is 869 g/mol. The fourth-order valence-corrected chi connectivity index (χ4v) is 6.09. The van der Waals surface area contributed by atoms with Gasteiger partial charge in [0.2, 0.25) is 0 Å². The lowest BCUT2D eigenvalue weighted by Gasteiger charge is -2.18. The summed E-state index contributed by atoms with van der Waals surface area (Å²) in [5.41, 5.74) is 0. The van der Waals surface area contributed by atoms with E-state index in [1.54, 1.807) is 0 Å². The molecule has 0 N–H and O–H groups in total. The van der Waals surface area contributed by atoms with E-state index in [1.165, 1.54) is 19.3 Å². The van der Waals surface area contributed by atoms with E-state index in [2.05, 4.69) is 142 Å². The molecule has 0 saturated heterocycles. The number of hydrogen-bond donors (Lipinski definition) is 0. The van der Waals surface area contributed by atoms with Gasteiger partial charge < -0.3 is 14.2 Å². The molecule has 0 aromatic heterocycles. The van der Waals surface area contributed by atoms with Crippen LogP contribution in [0.4, 0.5) is 0 Å². The summed E-state index contributed by atoms with van der Waals surface area (Å²) in [6.45, 7) is 6.16. The minimum absolute atomic E-state index is 0.123. The van der Waals surface area contributed by atoms with Crippen molar-refractivity contribution in [2.45, 2.75) is 194 Å². The maximum absolute atomic E-state index is 12.8. The minimum atomic E-state index is -0.828. The second-order valence-corrected chi connectivity index (χ2v) is 15.6. The third-order valence-corrected chi connectivity index (χ3v) is 9.71. The molecule has 0 spiro atoms. The summed E-state index contributed by atoms with van der Waals surface area (Å²) in [7, 11) is 0. The summed E-state index contributed by atoms with van der Waals surface area (Å²) in [6, 6.07) is 0. The van der Waals surface area contributed by atoms with Crippen molar-refractivity contribution in [1.29, 1.82) is 0 Å². The molecule has 0 fully saturated rings. The Morgan fingerprint density at radius 2 is 0.683 bits per heavy atom. The lowest BCUT2D eigenvalue weighted by molar-refractivity contribution is -0.166. The Morgan fingerprint density at radius 1 is 0.333 bits per heavy atom. The van der Waals surface area contributed by atoms with Crippen LogP contribution >= 0.6 is 0 Å². The Labute approximate surface area is 385 Å². The van der Waals surface area contributed by atoms with Crippen molar-refractivity contribution in [3.63, 3.8) is 0 Å². The highest BCUT2D eigenvalue weighted by Gasteiger charge is 2.19. The molecule has 1 unspecified atom stereocenters. The van der Waals surface area contributed by atoms with Gasteiger partial charge >= 0.3 is 17.9 Å². The van der Waals surface area contributed by atoms with Crippen LogP contribution in [-0.4, -0.2) is 37.2 Å². The predicted octanol–water partition coefficient (Wildman–Crippen LogP) is 16.3. The van der Waals surface area contributed by atoms with Crippen molar-refractivity contribution >= 4 is 17.9 Å². The number of hydrogen-bond acceptors (Lipinski definition) is 6. The van der Waals surface area contributed by atoms with Gasteiger partial charge in [0, 0.05) is 19.3 Å². The minimum Gasteiger partial charge on any atom is -0.462 e. The van der Waals surface area contributed by atoms with Gasteiger partial charge in [-0.2, -0.15) is 0 Å². The van der Waals surface area contributed by atoms with Gasteiger partial charge in [0.1, 0.15) is 13.2 Å². The van der Waals surface area contributed by atoms with E-state index < -0.39 is 6.10 Å². The van der Waals surface area contributed by atoms with E-state index in [-0.39, 0.29) is 44.0 Å². The average molecular weight is 869 g/mol. The number of rotatable bonds is 42. The Morgan fingerprint density at radius 3 is 1.16 bits per heavy atom. The van der Waals surface area contributed by atoms with Crippen molar-refractivity contribution in [2.24, 2.45) is 0 Å². The van der Waals surface area contributed by atoms with Crippen molar-refractivity contribution in [3.05, 3.63) is 134 Å². The second-order valence-electron chi connectivity index (χ2n) is 15.6. The number of carbonyl (C=O) groups excluding carboxylic acids is 3. The van der Waals surface area contributed by atoms with Crippen molar-refractivity contribution in [2.75, 3.05) is 13.2 Å². The zero-order valence-electron chi connectivity index (χ0n) is 40.0. The van der Waals surface area contributed by atoms with E-state index in [0.29, 0.717) is 12.8 Å². The SMILES string of the molecule is CC\C=C/C=C\C=C/CCCCCCCCCC(=O)OC(COC(=O)CC/C=C\C/C=C\C/C=C\C/C=C\C/C=C\CC)COC(=O)CCCCCC/C=C\C/C=C\C/C=C\CC. The average Bonchev–Trinajstić information content (AvgIpc) is 3.28. The van der Waals surface area contributed by atoms with E-state index >= 15 is 0 Å². The number of unbranched alkanes of at least 4 members (excludes halogenated alkanes) is 11. The van der Waals surface area contributed by atoms with Crippen LogP contribution in [0.2, 0.25) is 0 Å². The Bertz CT molecular complexity index is 1420. The van der Waals surface area contributed by atoms with E-state index in [4.69, 9.17) is 14.2 Å². The van der Waals surface area contributed by atoms with Gasteiger partial charge in [-0.15, -0.1) is 0 Å². The standard InChI is InChI=1S/C57H88O6/c1-4-7-10-13-16-19-22-25-28-30-32-35-38-41-44-47-50-56(59)62-53-54(52-61-55(58)49-46-43-40-37-34-31-27-24-21-18-15-12-9-6-3)63-57(60)51-48-45-42-39-36-33-29-26-23-20-17-14-11-8-5-2/h7-12,14,16-21,23,25,27-28,31-32,35,41,44,54H,4-6,13,15,22,24,26,29-30,33-34,36-40,42-43,45-53H2,1-3H3/b10-7-,11-8-,12-9-,17-14-,19-16-,21-18-,23-20-,28-25-,31-27-,35-32-,44-41-. The normalized spacial score (nSPS) is 13.3. The van der Waals surface area contributed by atoms with Gasteiger partial charge in [-0.1, -0.05) is 199 Å². The van der Waals surface area contributed by atoms with Gasteiger partial charge in [-0.05, 0) is 103 Å². The topological polar surface area (TPSA) is 78.9 Å². The summed E-state index contributed by atoms with van der Waals surface area (Å²) in [4.78, 5) is 37.9. The largest absolute Gasteiger partial charge is 0.462 e. The predicted molar refractivity (Wildman–Crippen MR) is 269 cm³/mol. The first-order chi connectivity index (χ1) is 31.0. The molecule has 0 aliphatic heterocycles. The lowest BCUT2D eigenvalue weighted by atomic mass is 10.1. The summed E-state index contributed by atoms with van der Waals surface area (Å²) in [5, 5.41) is 0. The molecule has 6 nitrogen and oxygen atoms in total. The molecular formula is C57H88O6. The number of esters is 3. The first-order valence-corrected chi connectivity index (χ1v) is 24.7. The smallest absolute Gasteiger partial charge is 0.306 e. The first kappa shape index (κ1) is 58.6. The van der Waals surface area contributed by atoms with Gasteiger partial charge in [0.25, 0.3) is 0 Å². The molecule has 0 aliphatic rings. The molecule has 6 heteroatoms. The summed E-state index contributed by atoms with van der Waals surface area (Å²) < 4.78 is 16.7. The maximum atomic E-state index is 12.8. The van der Waals surface area contributed by atoms with Crippen LogP contribution in [0.3, 0.4) is 0 Å². The molecule has 1 atom stereocenters. The van der Waals surface area contributed by atoms with E-state index in [9.17, 15) is 14.4 Å². The maximum Gasteiger partial charge on any atom is 0.306 e. The number of allylic oxidation sites excluding steroid dienone is 22. The van der Waals surface area contributed by atoms with Crippen LogP contribution in [-0.2, 0) is 28.6 Å². The molecular weight excluding hydrogens is 781 g/mol. The van der Waals surface area contributed by atoms with E-state index in [1.807, 2.05) is 12.2 Å². The highest BCUT2D eigenvalue weighted by molar-refractivity contribution is 5.71. The molecule has 0 aliphatic carbocycles. The molecule has 0 amide bonds. The summed E-state index contributed by atoms with van der Waals surface area (Å²) in [6.07, 6.45) is 70.1. The van der Waals surface area contributed by atoms with Crippen molar-refractivity contribution in [3.8, 4) is 0 Å². The highest BCUT2D eigenvalue weighted by atomic mass is 16.6. The lowest BCUT2D eigenvalue weighted by Crippen LogP contribution is -2.30. The Hall–Kier alpha value is -4.45. The van der Waals surface area contributed by atoms with Gasteiger partial charge in [0.05, 0.1) is 0 Å². The second kappa shape index (κ2) is 50.2. The zero-order chi connectivity index (χ0) is 45.8. The molecule has 0 radical (unpaired) electrons. The van der Waals surface area contributed by atoms with Crippen LogP contribution in [0.5, 0.6) is 0 Å². The van der Waals surface area contributed by atoms with Gasteiger partial charge in [-0.25, -0.2) is 0 Å². The quantitative estimate of drug-likeness (QED) is 0.0200. The first-order valence-electron chi connectivity index (χ1n) is 24.7. The van der Waals surface area contributed by atoms with Crippen molar-refractivity contribution < 1.29 is 28.6 Å². The number of carbonyl (C=O) groups is 3. The highest BCUT2D eigenvalue weighted by Crippen LogP contribution is 2.12. The molecule has 0 aromatic carbocycles. The van der Waals surface area contributed by atoms with Crippen LogP contribution in [0.25, 0.3) is 0 Å². The third-order valence-electron chi connectivity index (χ3n) is 9.71. The van der Waals surface area contributed by atoms with Crippen LogP contribution in [0.1, 0.15) is 188 Å². The fraction of sp³-hybridized carbons (Fsp3) is 0.561. The zero-order valence-corrected chi connectivity index (χ0v) is 40.0. The molecule has 0 heterocycles. The van der Waals surface area contributed by atoms with Crippen LogP contribution < -0.4 is 0 Å². The molecule has 63 heavy (non-hydrogen) atoms. The van der Waals surface area contributed by atoms with Crippen molar-refractivity contribution in [1.82, 2.24) is 0 Å². The molecule has 352 valence electrons. The van der Waals surface area contributed by atoms with Crippen LogP contribution in [0, 0.1) is 0 Å². The molecule has 0 aromatic rings. The van der Waals surface area contributed by atoms with Gasteiger partial charge in [-0.3, -0.25) is 14.4 Å². The molecule has 0 bridgehead atoms. The summed E-state index contributed by atoms with van der Waals surface area (Å²) >= 11 is 0.